The fourth-order valence-corrected chi connectivity index (χ4v) is 1.47. The van der Waals surface area contributed by atoms with E-state index in [-0.39, 0.29) is 12.4 Å². The summed E-state index contributed by atoms with van der Waals surface area (Å²) in [5.41, 5.74) is 3.01. The highest BCUT2D eigenvalue weighted by Crippen LogP contribution is 2.16. The lowest BCUT2D eigenvalue weighted by Crippen LogP contribution is -1.87. The number of rotatable bonds is 2. The predicted molar refractivity (Wildman–Crippen MR) is 66.5 cm³/mol. The van der Waals surface area contributed by atoms with E-state index in [0.717, 1.165) is 17.0 Å². The summed E-state index contributed by atoms with van der Waals surface area (Å²) in [6.45, 7) is 0. The van der Waals surface area contributed by atoms with E-state index in [0.29, 0.717) is 5.88 Å². The van der Waals surface area contributed by atoms with Crippen LogP contribution in [0.4, 0.5) is 0 Å². The van der Waals surface area contributed by atoms with Crippen LogP contribution in [0.2, 0.25) is 0 Å². The third-order valence-electron chi connectivity index (χ3n) is 2.01. The van der Waals surface area contributed by atoms with Crippen LogP contribution < -0.4 is 0 Å². The standard InChI is InChI=1S/C12H10ClN.ClH/c13-9-11-7-4-8-12(14-11)10-5-2-1-3-6-10;/h1-8H,9H2;1H. The fourth-order valence-electron chi connectivity index (χ4n) is 1.32. The zero-order chi connectivity index (χ0) is 9.80. The van der Waals surface area contributed by atoms with Crippen molar-refractivity contribution in [1.29, 1.82) is 0 Å². The van der Waals surface area contributed by atoms with Crippen LogP contribution in [0, 0.1) is 0 Å². The highest BCUT2D eigenvalue weighted by molar-refractivity contribution is 6.16. The van der Waals surface area contributed by atoms with Gasteiger partial charge in [0.05, 0.1) is 17.3 Å². The van der Waals surface area contributed by atoms with Crippen LogP contribution in [-0.2, 0) is 5.88 Å². The molecule has 0 spiro atoms. The molecule has 78 valence electrons. The molecular weight excluding hydrogens is 229 g/mol. The molecule has 0 aliphatic heterocycles. The Morgan fingerprint density at radius 3 is 2.33 bits per heavy atom. The smallest absolute Gasteiger partial charge is 0.0705 e. The molecule has 1 aromatic carbocycles. The molecule has 0 N–H and O–H groups in total. The van der Waals surface area contributed by atoms with Crippen LogP contribution in [-0.4, -0.2) is 4.98 Å². The first-order valence-electron chi connectivity index (χ1n) is 4.47. The van der Waals surface area contributed by atoms with Gasteiger partial charge in [-0.2, -0.15) is 0 Å². The maximum Gasteiger partial charge on any atom is 0.0705 e. The van der Waals surface area contributed by atoms with E-state index in [9.17, 15) is 0 Å². The second-order valence-corrected chi connectivity index (χ2v) is 3.28. The molecule has 0 aliphatic rings. The molecule has 2 aromatic rings. The van der Waals surface area contributed by atoms with Crippen LogP contribution in [0.15, 0.2) is 48.5 Å². The van der Waals surface area contributed by atoms with E-state index in [1.54, 1.807) is 0 Å². The molecule has 0 bridgehead atoms. The highest BCUT2D eigenvalue weighted by Gasteiger charge is 1.98. The zero-order valence-corrected chi connectivity index (χ0v) is 9.63. The van der Waals surface area contributed by atoms with Gasteiger partial charge in [0.15, 0.2) is 0 Å². The van der Waals surface area contributed by atoms with Crippen LogP contribution in [0.5, 0.6) is 0 Å². The average Bonchev–Trinajstić information content (AvgIpc) is 2.30. The molecule has 0 atom stereocenters. The number of hydrogen-bond donors (Lipinski definition) is 0. The van der Waals surface area contributed by atoms with Gasteiger partial charge in [0, 0.05) is 5.56 Å². The average molecular weight is 240 g/mol. The van der Waals surface area contributed by atoms with Gasteiger partial charge in [-0.25, -0.2) is 0 Å². The Morgan fingerprint density at radius 2 is 1.67 bits per heavy atom. The Morgan fingerprint density at radius 1 is 0.933 bits per heavy atom. The molecule has 15 heavy (non-hydrogen) atoms. The molecule has 0 amide bonds. The summed E-state index contributed by atoms with van der Waals surface area (Å²) in [5, 5.41) is 0. The Balaban J connectivity index is 0.00000112. The van der Waals surface area contributed by atoms with Gasteiger partial charge in [-0.15, -0.1) is 24.0 Å². The summed E-state index contributed by atoms with van der Waals surface area (Å²) in [4.78, 5) is 4.43. The van der Waals surface area contributed by atoms with Crippen LogP contribution in [0.1, 0.15) is 5.69 Å². The summed E-state index contributed by atoms with van der Waals surface area (Å²) < 4.78 is 0. The molecule has 0 fully saturated rings. The first kappa shape index (κ1) is 12.0. The van der Waals surface area contributed by atoms with Crippen LogP contribution in [0.3, 0.4) is 0 Å². The lowest BCUT2D eigenvalue weighted by molar-refractivity contribution is 1.17. The van der Waals surface area contributed by atoms with Crippen molar-refractivity contribution in [1.82, 2.24) is 4.98 Å². The van der Waals surface area contributed by atoms with E-state index in [1.807, 2.05) is 48.5 Å². The number of halogens is 2. The monoisotopic (exact) mass is 239 g/mol. The third kappa shape index (κ3) is 2.95. The minimum atomic E-state index is 0. The molecule has 1 heterocycles. The van der Waals surface area contributed by atoms with Crippen molar-refractivity contribution in [2.24, 2.45) is 0 Å². The molecule has 0 radical (unpaired) electrons. The third-order valence-corrected chi connectivity index (χ3v) is 2.29. The quantitative estimate of drug-likeness (QED) is 0.725. The maximum absolute atomic E-state index is 5.72. The number of hydrogen-bond acceptors (Lipinski definition) is 1. The van der Waals surface area contributed by atoms with E-state index < -0.39 is 0 Å². The summed E-state index contributed by atoms with van der Waals surface area (Å²) in [5.74, 6) is 0.459. The van der Waals surface area contributed by atoms with Gasteiger partial charge >= 0.3 is 0 Å². The summed E-state index contributed by atoms with van der Waals surface area (Å²) >= 11 is 5.72. The maximum atomic E-state index is 5.72. The summed E-state index contributed by atoms with van der Waals surface area (Å²) in [6, 6.07) is 16.0. The molecule has 1 aromatic heterocycles. The van der Waals surface area contributed by atoms with Crippen LogP contribution >= 0.6 is 24.0 Å². The first-order chi connectivity index (χ1) is 6.90. The minimum Gasteiger partial charge on any atom is -0.252 e. The largest absolute Gasteiger partial charge is 0.252 e. The van der Waals surface area contributed by atoms with Crippen molar-refractivity contribution < 1.29 is 0 Å². The fraction of sp³-hybridized carbons (Fsp3) is 0.0833. The van der Waals surface area contributed by atoms with Crippen molar-refractivity contribution in [2.45, 2.75) is 5.88 Å². The van der Waals surface area contributed by atoms with Gasteiger partial charge in [-0.05, 0) is 12.1 Å². The van der Waals surface area contributed by atoms with Gasteiger partial charge in [0.2, 0.25) is 0 Å². The van der Waals surface area contributed by atoms with E-state index >= 15 is 0 Å². The van der Waals surface area contributed by atoms with Gasteiger partial charge in [0.1, 0.15) is 0 Å². The molecule has 0 unspecified atom stereocenters. The van der Waals surface area contributed by atoms with Crippen molar-refractivity contribution in [3.8, 4) is 11.3 Å². The Hall–Kier alpha value is -1.05. The van der Waals surface area contributed by atoms with Crippen molar-refractivity contribution >= 4 is 24.0 Å². The minimum absolute atomic E-state index is 0. The Kier molecular flexibility index (Phi) is 4.60. The molecule has 2 rings (SSSR count). The van der Waals surface area contributed by atoms with Crippen LogP contribution in [0.25, 0.3) is 11.3 Å². The Labute approximate surface area is 101 Å². The van der Waals surface area contributed by atoms with Crippen molar-refractivity contribution in [2.75, 3.05) is 0 Å². The zero-order valence-electron chi connectivity index (χ0n) is 8.06. The van der Waals surface area contributed by atoms with Crippen molar-refractivity contribution in [3.05, 3.63) is 54.2 Å². The lowest BCUT2D eigenvalue weighted by Gasteiger charge is -2.01. The molecular formula is C12H11Cl2N. The highest BCUT2D eigenvalue weighted by atomic mass is 35.5. The Bertz CT molecular complexity index is 415. The van der Waals surface area contributed by atoms with E-state index in [1.165, 1.54) is 0 Å². The molecule has 0 saturated heterocycles. The number of alkyl halides is 1. The number of nitrogens with zero attached hydrogens (tertiary/aromatic N) is 1. The van der Waals surface area contributed by atoms with Gasteiger partial charge in [-0.3, -0.25) is 4.98 Å². The molecule has 0 aliphatic carbocycles. The van der Waals surface area contributed by atoms with E-state index in [4.69, 9.17) is 11.6 Å². The predicted octanol–water partition coefficient (Wildman–Crippen LogP) is 3.91. The molecule has 1 nitrogen and oxygen atoms in total. The summed E-state index contributed by atoms with van der Waals surface area (Å²) in [6.07, 6.45) is 0. The van der Waals surface area contributed by atoms with Crippen molar-refractivity contribution in [3.63, 3.8) is 0 Å². The van der Waals surface area contributed by atoms with E-state index in [2.05, 4.69) is 4.98 Å². The summed E-state index contributed by atoms with van der Waals surface area (Å²) in [7, 11) is 0. The number of pyridine rings is 1. The second kappa shape index (κ2) is 5.74. The lowest BCUT2D eigenvalue weighted by atomic mass is 10.1. The topological polar surface area (TPSA) is 12.9 Å². The molecule has 3 heteroatoms. The molecule has 0 saturated carbocycles. The van der Waals surface area contributed by atoms with Gasteiger partial charge < -0.3 is 0 Å². The normalized spacial score (nSPS) is 9.40. The number of benzene rings is 1. The number of aromatic nitrogens is 1. The first-order valence-corrected chi connectivity index (χ1v) is 5.01. The van der Waals surface area contributed by atoms with Gasteiger partial charge in [0.25, 0.3) is 0 Å². The second-order valence-electron chi connectivity index (χ2n) is 3.01. The van der Waals surface area contributed by atoms with Gasteiger partial charge in [-0.1, -0.05) is 36.4 Å². The SMILES string of the molecule is Cl.ClCc1cccc(-c2ccccc2)n1.